The number of hydrogen-bond donors (Lipinski definition) is 0. The minimum atomic E-state index is 0.113. The van der Waals surface area contributed by atoms with E-state index in [2.05, 4.69) is 18.2 Å². The fourth-order valence-corrected chi connectivity index (χ4v) is 1.67. The molecule has 0 saturated carbocycles. The summed E-state index contributed by atoms with van der Waals surface area (Å²) in [5.41, 5.74) is 2.45. The van der Waals surface area contributed by atoms with Crippen molar-refractivity contribution in [1.29, 1.82) is 0 Å². The maximum Gasteiger partial charge on any atom is 0.101 e. The van der Waals surface area contributed by atoms with Gasteiger partial charge in [-0.2, -0.15) is 0 Å². The van der Waals surface area contributed by atoms with Gasteiger partial charge in [0.1, 0.15) is 6.10 Å². The van der Waals surface area contributed by atoms with E-state index in [1.807, 2.05) is 25.1 Å². The monoisotopic (exact) mass is 204 g/mol. The fraction of sp³-hybridized carbons (Fsp3) is 0.385. The van der Waals surface area contributed by atoms with Gasteiger partial charge in [0.25, 0.3) is 0 Å². The molecule has 2 heteroatoms. The van der Waals surface area contributed by atoms with E-state index < -0.39 is 0 Å². The average Bonchev–Trinajstić information content (AvgIpc) is 2.76. The molecule has 2 rings (SSSR count). The predicted molar refractivity (Wildman–Crippen MR) is 59.7 cm³/mol. The first-order valence-corrected chi connectivity index (χ1v) is 5.34. The van der Waals surface area contributed by atoms with Gasteiger partial charge in [-0.15, -0.1) is 0 Å². The van der Waals surface area contributed by atoms with Gasteiger partial charge in [-0.05, 0) is 24.1 Å². The van der Waals surface area contributed by atoms with E-state index in [4.69, 9.17) is 9.47 Å². The zero-order chi connectivity index (χ0) is 10.5. The van der Waals surface area contributed by atoms with Gasteiger partial charge in [0, 0.05) is 6.61 Å². The van der Waals surface area contributed by atoms with E-state index in [9.17, 15) is 0 Å². The lowest BCUT2D eigenvalue weighted by atomic mass is 10.1. The number of ether oxygens (including phenoxy) is 2. The number of hydrogen-bond acceptors (Lipinski definition) is 2. The summed E-state index contributed by atoms with van der Waals surface area (Å²) in [7, 11) is 0. The second-order valence-corrected chi connectivity index (χ2v) is 3.60. The van der Waals surface area contributed by atoms with Crippen LogP contribution >= 0.6 is 0 Å². The highest BCUT2D eigenvalue weighted by molar-refractivity contribution is 5.26. The van der Waals surface area contributed by atoms with E-state index in [1.165, 1.54) is 11.1 Å². The molecule has 1 aromatic rings. The molecule has 0 spiro atoms. The maximum atomic E-state index is 5.68. The molecule has 0 aromatic heterocycles. The van der Waals surface area contributed by atoms with Crippen LogP contribution < -0.4 is 0 Å². The minimum absolute atomic E-state index is 0.113. The number of benzene rings is 1. The molecular weight excluding hydrogens is 188 g/mol. The second-order valence-electron chi connectivity index (χ2n) is 3.60. The summed E-state index contributed by atoms with van der Waals surface area (Å²) in [5, 5.41) is 0. The normalized spacial score (nSPS) is 20.3. The van der Waals surface area contributed by atoms with Crippen molar-refractivity contribution in [2.75, 3.05) is 19.8 Å². The Bertz CT molecular complexity index is 330. The molecule has 0 amide bonds. The third-order valence-electron chi connectivity index (χ3n) is 2.46. The van der Waals surface area contributed by atoms with Crippen molar-refractivity contribution in [3.05, 3.63) is 47.5 Å². The Morgan fingerprint density at radius 3 is 2.87 bits per heavy atom. The third-order valence-corrected chi connectivity index (χ3v) is 2.46. The Morgan fingerprint density at radius 2 is 2.13 bits per heavy atom. The first-order chi connectivity index (χ1) is 7.40. The predicted octanol–water partition coefficient (Wildman–Crippen LogP) is 2.72. The molecule has 1 aromatic carbocycles. The zero-order valence-corrected chi connectivity index (χ0v) is 8.98. The fourth-order valence-electron chi connectivity index (χ4n) is 1.67. The molecular formula is C13H16O2. The molecule has 80 valence electrons. The van der Waals surface area contributed by atoms with Gasteiger partial charge in [0.05, 0.1) is 13.2 Å². The quantitative estimate of drug-likeness (QED) is 0.702. The maximum absolute atomic E-state index is 5.68. The standard InChI is InChI=1S/C13H16O2/c1-2-14-9-11-8-13(15-10-11)12-6-4-3-5-7-12/h3-8,13H,2,9-10H2,1H3. The summed E-state index contributed by atoms with van der Waals surface area (Å²) in [5.74, 6) is 0. The highest BCUT2D eigenvalue weighted by Crippen LogP contribution is 2.26. The van der Waals surface area contributed by atoms with E-state index >= 15 is 0 Å². The summed E-state index contributed by atoms with van der Waals surface area (Å²) in [6.07, 6.45) is 2.27. The molecule has 0 fully saturated rings. The molecule has 1 unspecified atom stereocenters. The lowest BCUT2D eigenvalue weighted by molar-refractivity contribution is 0.114. The molecule has 1 aliphatic rings. The Hall–Kier alpha value is -1.12. The van der Waals surface area contributed by atoms with Crippen LogP contribution in [0.5, 0.6) is 0 Å². The van der Waals surface area contributed by atoms with Crippen LogP contribution in [0.15, 0.2) is 42.0 Å². The molecule has 0 saturated heterocycles. The molecule has 1 heterocycles. The lowest BCUT2D eigenvalue weighted by Crippen LogP contribution is -1.99. The summed E-state index contributed by atoms with van der Waals surface area (Å²) >= 11 is 0. The number of rotatable bonds is 4. The highest BCUT2D eigenvalue weighted by Gasteiger charge is 2.17. The van der Waals surface area contributed by atoms with E-state index in [-0.39, 0.29) is 6.10 Å². The van der Waals surface area contributed by atoms with Crippen molar-refractivity contribution in [3.63, 3.8) is 0 Å². The Balaban J connectivity index is 1.99. The van der Waals surface area contributed by atoms with Gasteiger partial charge in [0.2, 0.25) is 0 Å². The van der Waals surface area contributed by atoms with Gasteiger partial charge < -0.3 is 9.47 Å². The van der Waals surface area contributed by atoms with Gasteiger partial charge in [-0.1, -0.05) is 30.3 Å². The van der Waals surface area contributed by atoms with Crippen molar-refractivity contribution in [2.24, 2.45) is 0 Å². The molecule has 15 heavy (non-hydrogen) atoms. The molecule has 0 N–H and O–H groups in total. The van der Waals surface area contributed by atoms with Gasteiger partial charge in [0.15, 0.2) is 0 Å². The summed E-state index contributed by atoms with van der Waals surface area (Å²) < 4.78 is 11.0. The van der Waals surface area contributed by atoms with Crippen LogP contribution in [0, 0.1) is 0 Å². The molecule has 0 bridgehead atoms. The first kappa shape index (κ1) is 10.4. The Morgan fingerprint density at radius 1 is 1.33 bits per heavy atom. The smallest absolute Gasteiger partial charge is 0.101 e. The van der Waals surface area contributed by atoms with Crippen LogP contribution in [0.25, 0.3) is 0 Å². The van der Waals surface area contributed by atoms with Gasteiger partial charge in [-0.3, -0.25) is 0 Å². The van der Waals surface area contributed by atoms with Crippen LogP contribution in [-0.2, 0) is 9.47 Å². The van der Waals surface area contributed by atoms with Gasteiger partial charge in [-0.25, -0.2) is 0 Å². The molecule has 1 aliphatic heterocycles. The first-order valence-electron chi connectivity index (χ1n) is 5.34. The van der Waals surface area contributed by atoms with Crippen LogP contribution in [0.1, 0.15) is 18.6 Å². The van der Waals surface area contributed by atoms with Crippen molar-refractivity contribution < 1.29 is 9.47 Å². The van der Waals surface area contributed by atoms with E-state index in [0.29, 0.717) is 13.2 Å². The van der Waals surface area contributed by atoms with Crippen molar-refractivity contribution >= 4 is 0 Å². The Labute approximate surface area is 90.5 Å². The van der Waals surface area contributed by atoms with Crippen LogP contribution in [0.2, 0.25) is 0 Å². The molecule has 0 radical (unpaired) electrons. The van der Waals surface area contributed by atoms with E-state index in [0.717, 1.165) is 6.61 Å². The largest absolute Gasteiger partial charge is 0.377 e. The van der Waals surface area contributed by atoms with Crippen molar-refractivity contribution in [2.45, 2.75) is 13.0 Å². The van der Waals surface area contributed by atoms with Crippen molar-refractivity contribution in [3.8, 4) is 0 Å². The second kappa shape index (κ2) is 5.10. The summed E-state index contributed by atoms with van der Waals surface area (Å²) in [6, 6.07) is 10.3. The van der Waals surface area contributed by atoms with Crippen LogP contribution in [-0.4, -0.2) is 19.8 Å². The van der Waals surface area contributed by atoms with Crippen molar-refractivity contribution in [1.82, 2.24) is 0 Å². The molecule has 0 aliphatic carbocycles. The SMILES string of the molecule is CCOCC1=CC(c2ccccc2)OC1. The topological polar surface area (TPSA) is 18.5 Å². The highest BCUT2D eigenvalue weighted by atomic mass is 16.5. The Kier molecular flexibility index (Phi) is 3.54. The average molecular weight is 204 g/mol. The van der Waals surface area contributed by atoms with Gasteiger partial charge >= 0.3 is 0 Å². The lowest BCUT2D eigenvalue weighted by Gasteiger charge is -2.06. The zero-order valence-electron chi connectivity index (χ0n) is 8.98. The molecule has 1 atom stereocenters. The van der Waals surface area contributed by atoms with E-state index in [1.54, 1.807) is 0 Å². The van der Waals surface area contributed by atoms with Crippen LogP contribution in [0.3, 0.4) is 0 Å². The summed E-state index contributed by atoms with van der Waals surface area (Å²) in [6.45, 7) is 4.15. The summed E-state index contributed by atoms with van der Waals surface area (Å²) in [4.78, 5) is 0. The minimum Gasteiger partial charge on any atom is -0.377 e. The molecule has 2 nitrogen and oxygen atoms in total. The third kappa shape index (κ3) is 2.67. The van der Waals surface area contributed by atoms with Crippen LogP contribution in [0.4, 0.5) is 0 Å².